The number of rotatable bonds is 3. The molecule has 2 bridgehead atoms. The number of nitrogens with one attached hydrogen (secondary N) is 1. The maximum Gasteiger partial charge on any atom is 0.321 e. The molecular formula is C16H22ClN5OS. The monoisotopic (exact) mass is 367 g/mol. The van der Waals surface area contributed by atoms with Gasteiger partial charge in [0.1, 0.15) is 5.00 Å². The van der Waals surface area contributed by atoms with Gasteiger partial charge in [-0.3, -0.25) is 0 Å². The molecule has 2 aromatic heterocycles. The van der Waals surface area contributed by atoms with Gasteiger partial charge in [0.2, 0.25) is 0 Å². The predicted molar refractivity (Wildman–Crippen MR) is 98.4 cm³/mol. The van der Waals surface area contributed by atoms with E-state index >= 15 is 0 Å². The van der Waals surface area contributed by atoms with Gasteiger partial charge in [-0.1, -0.05) is 0 Å². The highest BCUT2D eigenvalue weighted by Gasteiger charge is 2.37. The number of nitrogens with zero attached hydrogens (tertiary/aromatic N) is 4. The second-order valence-electron chi connectivity index (χ2n) is 6.37. The number of carbonyl (C=O) groups excluding carboxylic acids is 1. The normalized spacial score (nSPS) is 25.1. The summed E-state index contributed by atoms with van der Waals surface area (Å²) >= 11 is 1.62. The summed E-state index contributed by atoms with van der Waals surface area (Å²) in [4.78, 5) is 16.9. The molecule has 3 saturated heterocycles. The predicted octanol–water partition coefficient (Wildman–Crippen LogP) is 2.91. The number of halogens is 1. The van der Waals surface area contributed by atoms with Gasteiger partial charge in [0.15, 0.2) is 0 Å². The number of piperidine rings is 3. The number of thiophene rings is 1. The lowest BCUT2D eigenvalue weighted by atomic mass is 9.83. The highest BCUT2D eigenvalue weighted by Crippen LogP contribution is 2.30. The van der Waals surface area contributed by atoms with E-state index in [0.717, 1.165) is 17.2 Å². The largest absolute Gasteiger partial charge is 0.323 e. The van der Waals surface area contributed by atoms with Gasteiger partial charge in [-0.2, -0.15) is 5.10 Å². The van der Waals surface area contributed by atoms with Crippen molar-refractivity contribution in [2.75, 3.05) is 32.0 Å². The molecule has 1 N–H and O–H groups in total. The number of amides is 2. The van der Waals surface area contributed by atoms with Crippen molar-refractivity contribution in [3.05, 3.63) is 29.9 Å². The molecule has 5 heterocycles. The van der Waals surface area contributed by atoms with Crippen LogP contribution in [0.15, 0.2) is 29.9 Å². The minimum atomic E-state index is -0.0468. The van der Waals surface area contributed by atoms with Crippen molar-refractivity contribution < 1.29 is 4.79 Å². The molecule has 5 rings (SSSR count). The maximum atomic E-state index is 12.5. The third kappa shape index (κ3) is 3.29. The van der Waals surface area contributed by atoms with E-state index in [-0.39, 0.29) is 18.4 Å². The summed E-state index contributed by atoms with van der Waals surface area (Å²) in [6.45, 7) is 3.37. The van der Waals surface area contributed by atoms with E-state index in [0.29, 0.717) is 12.0 Å². The first-order valence-electron chi connectivity index (χ1n) is 8.05. The third-order valence-corrected chi connectivity index (χ3v) is 5.86. The zero-order valence-corrected chi connectivity index (χ0v) is 15.2. The van der Waals surface area contributed by atoms with E-state index in [1.54, 1.807) is 22.2 Å². The molecule has 0 aliphatic carbocycles. The van der Waals surface area contributed by atoms with Gasteiger partial charge in [0.25, 0.3) is 0 Å². The molecule has 8 heteroatoms. The average Bonchev–Trinajstić information content (AvgIpc) is 3.26. The lowest BCUT2D eigenvalue weighted by Crippen LogP contribution is -2.58. The quantitative estimate of drug-likeness (QED) is 0.907. The Morgan fingerprint density at radius 1 is 1.42 bits per heavy atom. The highest BCUT2D eigenvalue weighted by atomic mass is 35.5. The van der Waals surface area contributed by atoms with Gasteiger partial charge in [0, 0.05) is 19.6 Å². The van der Waals surface area contributed by atoms with Crippen LogP contribution in [0.3, 0.4) is 0 Å². The van der Waals surface area contributed by atoms with Crippen LogP contribution in [-0.4, -0.2) is 58.3 Å². The summed E-state index contributed by atoms with van der Waals surface area (Å²) in [5.41, 5.74) is 0.733. The van der Waals surface area contributed by atoms with Gasteiger partial charge in [-0.05, 0) is 49.4 Å². The summed E-state index contributed by atoms with van der Waals surface area (Å²) in [6.07, 6.45) is 5.97. The second kappa shape index (κ2) is 7.13. The van der Waals surface area contributed by atoms with Crippen LogP contribution in [-0.2, 0) is 0 Å². The highest BCUT2D eigenvalue weighted by molar-refractivity contribution is 7.12. The zero-order valence-electron chi connectivity index (χ0n) is 13.6. The standard InChI is InChI=1S/C16H21N5OS.ClH/c1-19(14-11-20-6-4-12(14)5-7-20)16(22)18-13-9-17-21(10-13)15-3-2-8-23-15;/h2-3,8-10,12,14H,4-7,11H2,1H3,(H,18,22);1H/t14-;/m0./s1. The van der Waals surface area contributed by atoms with Gasteiger partial charge in [-0.15, -0.1) is 23.7 Å². The fourth-order valence-corrected chi connectivity index (χ4v) is 4.30. The van der Waals surface area contributed by atoms with E-state index < -0.39 is 0 Å². The molecular weight excluding hydrogens is 346 g/mol. The first kappa shape index (κ1) is 17.3. The van der Waals surface area contributed by atoms with E-state index in [1.807, 2.05) is 35.7 Å². The van der Waals surface area contributed by atoms with Crippen LogP contribution >= 0.6 is 23.7 Å². The average molecular weight is 368 g/mol. The van der Waals surface area contributed by atoms with Crippen LogP contribution in [0.4, 0.5) is 10.5 Å². The molecule has 0 radical (unpaired) electrons. The van der Waals surface area contributed by atoms with Crippen LogP contribution in [0, 0.1) is 5.92 Å². The lowest BCUT2D eigenvalue weighted by molar-refractivity contribution is 0.0336. The number of hydrogen-bond donors (Lipinski definition) is 1. The molecule has 3 aliphatic rings. The van der Waals surface area contributed by atoms with E-state index in [2.05, 4.69) is 15.3 Å². The first-order chi connectivity index (χ1) is 11.2. The molecule has 3 fully saturated rings. The first-order valence-corrected chi connectivity index (χ1v) is 8.93. The Labute approximate surface area is 151 Å². The molecule has 0 aromatic carbocycles. The smallest absolute Gasteiger partial charge is 0.321 e. The maximum absolute atomic E-state index is 12.5. The van der Waals surface area contributed by atoms with Crippen LogP contribution < -0.4 is 5.32 Å². The van der Waals surface area contributed by atoms with E-state index in [4.69, 9.17) is 0 Å². The van der Waals surface area contributed by atoms with Crippen LogP contribution in [0.25, 0.3) is 5.00 Å². The number of anilines is 1. The Kier molecular flexibility index (Phi) is 5.12. The van der Waals surface area contributed by atoms with E-state index in [1.165, 1.54) is 25.9 Å². The Bertz CT molecular complexity index is 680. The fraction of sp³-hybridized carbons (Fsp3) is 0.500. The van der Waals surface area contributed by atoms with E-state index in [9.17, 15) is 4.79 Å². The Morgan fingerprint density at radius 2 is 2.21 bits per heavy atom. The molecule has 1 atom stereocenters. The molecule has 0 unspecified atom stereocenters. The molecule has 0 spiro atoms. The Hall–Kier alpha value is -1.57. The molecule has 2 amide bonds. The molecule has 3 aliphatic heterocycles. The van der Waals surface area contributed by atoms with Crippen LogP contribution in [0.1, 0.15) is 12.8 Å². The zero-order chi connectivity index (χ0) is 15.8. The molecule has 6 nitrogen and oxygen atoms in total. The Balaban J connectivity index is 0.00000169. The third-order valence-electron chi connectivity index (χ3n) is 5.01. The van der Waals surface area contributed by atoms with Gasteiger partial charge >= 0.3 is 6.03 Å². The minimum absolute atomic E-state index is 0. The molecule has 24 heavy (non-hydrogen) atoms. The van der Waals surface area contributed by atoms with Gasteiger partial charge in [-0.25, -0.2) is 9.48 Å². The minimum Gasteiger partial charge on any atom is -0.323 e. The molecule has 130 valence electrons. The summed E-state index contributed by atoms with van der Waals surface area (Å²) < 4.78 is 1.79. The van der Waals surface area contributed by atoms with Gasteiger partial charge < -0.3 is 15.1 Å². The summed E-state index contributed by atoms with van der Waals surface area (Å²) in [5.74, 6) is 0.643. The van der Waals surface area contributed by atoms with Crippen molar-refractivity contribution in [3.8, 4) is 5.00 Å². The Morgan fingerprint density at radius 3 is 2.83 bits per heavy atom. The molecule has 2 aromatic rings. The lowest BCUT2D eigenvalue weighted by Gasteiger charge is -2.47. The molecule has 0 saturated carbocycles. The van der Waals surface area contributed by atoms with Crippen molar-refractivity contribution in [2.45, 2.75) is 18.9 Å². The number of carbonyl (C=O) groups is 1. The number of urea groups is 1. The fourth-order valence-electron chi connectivity index (χ4n) is 3.64. The van der Waals surface area contributed by atoms with Crippen LogP contribution in [0.5, 0.6) is 0 Å². The van der Waals surface area contributed by atoms with Crippen molar-refractivity contribution >= 4 is 35.5 Å². The number of hydrogen-bond acceptors (Lipinski definition) is 4. The van der Waals surface area contributed by atoms with Crippen LogP contribution in [0.2, 0.25) is 0 Å². The topological polar surface area (TPSA) is 53.4 Å². The summed E-state index contributed by atoms with van der Waals surface area (Å²) in [6, 6.07) is 4.27. The number of fused-ring (bicyclic) bond motifs is 3. The van der Waals surface area contributed by atoms with Crippen molar-refractivity contribution in [2.24, 2.45) is 5.92 Å². The van der Waals surface area contributed by atoms with Crippen molar-refractivity contribution in [3.63, 3.8) is 0 Å². The number of aromatic nitrogens is 2. The second-order valence-corrected chi connectivity index (χ2v) is 7.30. The summed E-state index contributed by atoms with van der Waals surface area (Å²) in [7, 11) is 1.91. The van der Waals surface area contributed by atoms with Crippen molar-refractivity contribution in [1.29, 1.82) is 0 Å². The van der Waals surface area contributed by atoms with Gasteiger partial charge in [0.05, 0.1) is 18.1 Å². The summed E-state index contributed by atoms with van der Waals surface area (Å²) in [5, 5.41) is 10.3. The SMILES string of the molecule is CN(C(=O)Nc1cnn(-c2cccs2)c1)[C@H]1CN2CCC1CC2.Cl. The number of likely N-dealkylation sites (N-methyl/N-ethyl adjacent to an activating group) is 1. The van der Waals surface area contributed by atoms with Crippen molar-refractivity contribution in [1.82, 2.24) is 19.6 Å².